The number of hydrogen-bond acceptors (Lipinski definition) is 4. The lowest BCUT2D eigenvalue weighted by atomic mass is 10.1. The molecule has 1 amide bonds. The van der Waals surface area contributed by atoms with Crippen LogP contribution in [0.1, 0.15) is 37.0 Å². The number of carbonyl (C=O) groups excluding carboxylic acids is 1. The number of aliphatic hydroxyl groups is 1. The lowest BCUT2D eigenvalue weighted by Gasteiger charge is -2.33. The van der Waals surface area contributed by atoms with E-state index in [1.807, 2.05) is 0 Å². The molecule has 1 rings (SSSR count). The minimum absolute atomic E-state index is 0.0557. The van der Waals surface area contributed by atoms with E-state index in [9.17, 15) is 9.90 Å². The molecule has 1 aromatic rings. The van der Waals surface area contributed by atoms with Crippen LogP contribution in [0, 0.1) is 0 Å². The van der Waals surface area contributed by atoms with Gasteiger partial charge in [0.25, 0.3) is 5.91 Å². The molecule has 0 saturated carbocycles. The van der Waals surface area contributed by atoms with E-state index >= 15 is 0 Å². The summed E-state index contributed by atoms with van der Waals surface area (Å²) in [5.74, 6) is -0.139. The maximum atomic E-state index is 11.7. The van der Waals surface area contributed by atoms with Crippen LogP contribution >= 0.6 is 0 Å². The van der Waals surface area contributed by atoms with E-state index in [1.54, 1.807) is 25.2 Å². The van der Waals surface area contributed by atoms with Crippen LogP contribution in [0.2, 0.25) is 0 Å². The van der Waals surface area contributed by atoms with Crippen molar-refractivity contribution in [1.82, 2.24) is 5.32 Å². The van der Waals surface area contributed by atoms with Crippen LogP contribution in [0.4, 0.5) is 11.4 Å². The molecule has 5 heteroatoms. The number of nitrogens with two attached hydrogens (primary N) is 1. The van der Waals surface area contributed by atoms with Crippen LogP contribution in [0.3, 0.4) is 0 Å². The Balaban J connectivity index is 3.20. The smallest absolute Gasteiger partial charge is 0.251 e. The largest absolute Gasteiger partial charge is 0.397 e. The maximum absolute atomic E-state index is 11.7. The average molecular weight is 279 g/mol. The summed E-state index contributed by atoms with van der Waals surface area (Å²) in [6.07, 6.45) is 1.92. The normalized spacial score (nSPS) is 10.7. The van der Waals surface area contributed by atoms with Gasteiger partial charge in [-0.15, -0.1) is 0 Å². The quantitative estimate of drug-likeness (QED) is 0.663. The number of amides is 1. The summed E-state index contributed by atoms with van der Waals surface area (Å²) in [6.45, 7) is 4.78. The van der Waals surface area contributed by atoms with Crippen LogP contribution in [0.25, 0.3) is 0 Å². The van der Waals surface area contributed by atoms with Gasteiger partial charge in [-0.05, 0) is 31.0 Å². The van der Waals surface area contributed by atoms with Crippen LogP contribution in [-0.4, -0.2) is 37.3 Å². The molecule has 0 aliphatic rings. The Morgan fingerprint density at radius 2 is 2.05 bits per heavy atom. The molecule has 0 radical (unpaired) electrons. The number of rotatable bonds is 7. The van der Waals surface area contributed by atoms with Crippen molar-refractivity contribution in [2.45, 2.75) is 32.7 Å². The predicted molar refractivity (Wildman–Crippen MR) is 83.0 cm³/mol. The van der Waals surface area contributed by atoms with E-state index in [2.05, 4.69) is 24.1 Å². The van der Waals surface area contributed by atoms with Crippen molar-refractivity contribution < 1.29 is 9.90 Å². The molecule has 5 nitrogen and oxygen atoms in total. The minimum atomic E-state index is -0.139. The summed E-state index contributed by atoms with van der Waals surface area (Å²) >= 11 is 0. The fourth-order valence-corrected chi connectivity index (χ4v) is 2.41. The first kappa shape index (κ1) is 16.3. The maximum Gasteiger partial charge on any atom is 0.251 e. The summed E-state index contributed by atoms with van der Waals surface area (Å²) in [4.78, 5) is 13.8. The van der Waals surface area contributed by atoms with E-state index in [4.69, 9.17) is 5.73 Å². The van der Waals surface area contributed by atoms with Crippen molar-refractivity contribution >= 4 is 17.3 Å². The van der Waals surface area contributed by atoms with Crippen molar-refractivity contribution in [1.29, 1.82) is 0 Å². The molecule has 20 heavy (non-hydrogen) atoms. The van der Waals surface area contributed by atoms with Gasteiger partial charge >= 0.3 is 0 Å². The molecular formula is C15H25N3O2. The summed E-state index contributed by atoms with van der Waals surface area (Å²) in [6, 6.07) is 5.54. The predicted octanol–water partition coefficient (Wildman–Crippen LogP) is 1.62. The van der Waals surface area contributed by atoms with Crippen LogP contribution in [0.5, 0.6) is 0 Å². The van der Waals surface area contributed by atoms with Crippen LogP contribution < -0.4 is 16.0 Å². The van der Waals surface area contributed by atoms with Crippen molar-refractivity contribution in [2.75, 3.05) is 30.8 Å². The third-order valence-electron chi connectivity index (χ3n) is 3.55. The molecule has 0 atom stereocenters. The standard InChI is InChI=1S/C15H25N3O2/c1-4-12(5-2)18(8-9-19)14-10-11(15(20)17-3)6-7-13(14)16/h6-7,10,12,19H,4-5,8-9,16H2,1-3H3,(H,17,20). The fraction of sp³-hybridized carbons (Fsp3) is 0.533. The number of nitrogens with zero attached hydrogens (tertiary/aromatic N) is 1. The minimum Gasteiger partial charge on any atom is -0.397 e. The van der Waals surface area contributed by atoms with Gasteiger partial charge in [0.2, 0.25) is 0 Å². The van der Waals surface area contributed by atoms with E-state index in [1.165, 1.54) is 0 Å². The summed E-state index contributed by atoms with van der Waals surface area (Å²) in [5.41, 5.74) is 8.07. The van der Waals surface area contributed by atoms with Crippen molar-refractivity contribution in [3.8, 4) is 0 Å². The van der Waals surface area contributed by atoms with Crippen LogP contribution in [-0.2, 0) is 0 Å². The number of benzene rings is 1. The summed E-state index contributed by atoms with van der Waals surface area (Å²) in [5, 5.41) is 11.9. The van der Waals surface area contributed by atoms with Gasteiger partial charge in [-0.25, -0.2) is 0 Å². The Kier molecular flexibility index (Phi) is 6.31. The first-order valence-electron chi connectivity index (χ1n) is 7.08. The van der Waals surface area contributed by atoms with E-state index in [0.29, 0.717) is 23.8 Å². The zero-order valence-corrected chi connectivity index (χ0v) is 12.5. The molecule has 0 aliphatic heterocycles. The molecule has 0 saturated heterocycles. The summed E-state index contributed by atoms with van der Waals surface area (Å²) in [7, 11) is 1.60. The average Bonchev–Trinajstić information content (AvgIpc) is 2.47. The molecule has 112 valence electrons. The Morgan fingerprint density at radius 1 is 1.40 bits per heavy atom. The van der Waals surface area contributed by atoms with Crippen molar-refractivity contribution in [3.05, 3.63) is 23.8 Å². The van der Waals surface area contributed by atoms with Crippen LogP contribution in [0.15, 0.2) is 18.2 Å². The molecule has 0 aromatic heterocycles. The molecule has 0 unspecified atom stereocenters. The lowest BCUT2D eigenvalue weighted by molar-refractivity contribution is 0.0963. The van der Waals surface area contributed by atoms with E-state index in [-0.39, 0.29) is 12.5 Å². The molecule has 0 spiro atoms. The highest BCUT2D eigenvalue weighted by Gasteiger charge is 2.18. The summed E-state index contributed by atoms with van der Waals surface area (Å²) < 4.78 is 0. The third-order valence-corrected chi connectivity index (χ3v) is 3.55. The van der Waals surface area contributed by atoms with Gasteiger partial charge in [-0.2, -0.15) is 0 Å². The number of aliphatic hydroxyl groups excluding tert-OH is 1. The molecule has 0 heterocycles. The van der Waals surface area contributed by atoms with Gasteiger partial charge in [0.05, 0.1) is 18.0 Å². The monoisotopic (exact) mass is 279 g/mol. The number of nitrogens with one attached hydrogen (secondary N) is 1. The Hall–Kier alpha value is -1.75. The van der Waals surface area contributed by atoms with Gasteiger partial charge in [-0.3, -0.25) is 4.79 Å². The Labute approximate surface area is 120 Å². The molecule has 0 fully saturated rings. The highest BCUT2D eigenvalue weighted by Crippen LogP contribution is 2.28. The molecule has 4 N–H and O–H groups in total. The number of nitrogen functional groups attached to an aromatic ring is 1. The first-order valence-corrected chi connectivity index (χ1v) is 7.08. The van der Waals surface area contributed by atoms with Gasteiger partial charge in [-0.1, -0.05) is 13.8 Å². The van der Waals surface area contributed by atoms with E-state index < -0.39 is 0 Å². The van der Waals surface area contributed by atoms with Gasteiger partial charge in [0, 0.05) is 25.2 Å². The zero-order chi connectivity index (χ0) is 15.1. The molecule has 0 aliphatic carbocycles. The lowest BCUT2D eigenvalue weighted by Crippen LogP contribution is -2.37. The molecule has 1 aromatic carbocycles. The van der Waals surface area contributed by atoms with Gasteiger partial charge in [0.1, 0.15) is 0 Å². The second-order valence-corrected chi connectivity index (χ2v) is 4.74. The number of carbonyl (C=O) groups is 1. The second kappa shape index (κ2) is 7.75. The molecular weight excluding hydrogens is 254 g/mol. The number of hydrogen-bond donors (Lipinski definition) is 3. The van der Waals surface area contributed by atoms with Gasteiger partial charge < -0.3 is 21.1 Å². The Bertz CT molecular complexity index is 445. The zero-order valence-electron chi connectivity index (χ0n) is 12.5. The van der Waals surface area contributed by atoms with E-state index in [0.717, 1.165) is 18.5 Å². The highest BCUT2D eigenvalue weighted by atomic mass is 16.3. The van der Waals surface area contributed by atoms with Crippen molar-refractivity contribution in [3.63, 3.8) is 0 Å². The van der Waals surface area contributed by atoms with Gasteiger partial charge in [0.15, 0.2) is 0 Å². The third kappa shape index (κ3) is 3.63. The van der Waals surface area contributed by atoms with Crippen molar-refractivity contribution in [2.24, 2.45) is 0 Å². The highest BCUT2D eigenvalue weighted by molar-refractivity contribution is 5.96. The second-order valence-electron chi connectivity index (χ2n) is 4.74. The Morgan fingerprint density at radius 3 is 2.55 bits per heavy atom. The SMILES string of the molecule is CCC(CC)N(CCO)c1cc(C(=O)NC)ccc1N. The molecule has 0 bridgehead atoms. The first-order chi connectivity index (χ1) is 9.58. The number of anilines is 2. The topological polar surface area (TPSA) is 78.6 Å². The fourth-order valence-electron chi connectivity index (χ4n) is 2.41.